The first-order chi connectivity index (χ1) is 17.3. The highest BCUT2D eigenvalue weighted by Gasteiger charge is 2.44. The van der Waals surface area contributed by atoms with Gasteiger partial charge in [0.15, 0.2) is 17.7 Å². The summed E-state index contributed by atoms with van der Waals surface area (Å²) in [7, 11) is 0. The molecular formula is C24H18BrF8NO3. The Hall–Kier alpha value is -2.90. The van der Waals surface area contributed by atoms with Gasteiger partial charge >= 0.3 is 18.7 Å². The Morgan fingerprint density at radius 1 is 0.865 bits per heavy atom. The van der Waals surface area contributed by atoms with E-state index >= 15 is 0 Å². The van der Waals surface area contributed by atoms with Crippen LogP contribution in [0.25, 0.3) is 0 Å². The fraction of sp³-hybridized carbons (Fsp3) is 0.250. The largest absolute Gasteiger partial charge is 0.461 e. The van der Waals surface area contributed by atoms with E-state index in [4.69, 9.17) is 4.74 Å². The first kappa shape index (κ1) is 28.7. The Morgan fingerprint density at radius 3 is 2.05 bits per heavy atom. The Bertz CT molecular complexity index is 1210. The maximum Gasteiger partial charge on any atom is 0.461 e. The van der Waals surface area contributed by atoms with Gasteiger partial charge in [0, 0.05) is 11.0 Å². The van der Waals surface area contributed by atoms with Crippen LogP contribution in [0.1, 0.15) is 17.2 Å². The summed E-state index contributed by atoms with van der Waals surface area (Å²) < 4.78 is 115. The van der Waals surface area contributed by atoms with Gasteiger partial charge < -0.3 is 19.9 Å². The Balaban J connectivity index is 1.96. The molecule has 0 heterocycles. The van der Waals surface area contributed by atoms with E-state index in [0.717, 1.165) is 18.2 Å². The van der Waals surface area contributed by atoms with Crippen molar-refractivity contribution < 1.29 is 49.7 Å². The first-order valence-electron chi connectivity index (χ1n) is 10.4. The molecular weight excluding hydrogens is 582 g/mol. The number of halogens is 9. The Morgan fingerprint density at radius 2 is 1.46 bits per heavy atom. The zero-order valence-corrected chi connectivity index (χ0v) is 20.0. The van der Waals surface area contributed by atoms with Gasteiger partial charge in [-0.2, -0.15) is 30.7 Å². The summed E-state index contributed by atoms with van der Waals surface area (Å²) in [5.74, 6) is -1.45. The van der Waals surface area contributed by atoms with Gasteiger partial charge in [-0.3, -0.25) is 0 Å². The summed E-state index contributed by atoms with van der Waals surface area (Å²) in [6, 6.07) is 12.8. The van der Waals surface area contributed by atoms with E-state index in [-0.39, 0.29) is 22.6 Å². The minimum atomic E-state index is -4.95. The molecule has 0 spiro atoms. The highest BCUT2D eigenvalue weighted by molar-refractivity contribution is 9.10. The SMILES string of the molecule is O[C@H](CN[C@H](c1cccc(Oc2cc(Br)ccc2F)c1)c1cccc(OC(F)(F)C(F)F)c1)C(F)(F)F. The quantitative estimate of drug-likeness (QED) is 0.242. The molecule has 3 aromatic carbocycles. The molecule has 0 amide bonds. The molecule has 4 nitrogen and oxygen atoms in total. The molecule has 37 heavy (non-hydrogen) atoms. The lowest BCUT2D eigenvalue weighted by Gasteiger charge is -2.24. The second kappa shape index (κ2) is 11.7. The summed E-state index contributed by atoms with van der Waals surface area (Å²) >= 11 is 3.18. The highest BCUT2D eigenvalue weighted by atomic mass is 79.9. The molecule has 2 N–H and O–H groups in total. The van der Waals surface area contributed by atoms with Crippen LogP contribution in [0.4, 0.5) is 35.1 Å². The predicted molar refractivity (Wildman–Crippen MR) is 121 cm³/mol. The molecule has 200 valence electrons. The van der Waals surface area contributed by atoms with Crippen LogP contribution < -0.4 is 14.8 Å². The number of alkyl halides is 7. The van der Waals surface area contributed by atoms with Gasteiger partial charge in [-0.15, -0.1) is 0 Å². The van der Waals surface area contributed by atoms with E-state index in [1.165, 1.54) is 48.5 Å². The summed E-state index contributed by atoms with van der Waals surface area (Å²) in [5.41, 5.74) is 0.266. The zero-order chi connectivity index (χ0) is 27.4. The minimum Gasteiger partial charge on any atom is -0.454 e. The molecule has 0 unspecified atom stereocenters. The van der Waals surface area contributed by atoms with Gasteiger partial charge in [-0.1, -0.05) is 40.2 Å². The van der Waals surface area contributed by atoms with Crippen molar-refractivity contribution in [3.8, 4) is 17.2 Å². The number of rotatable bonds is 10. The molecule has 0 bridgehead atoms. The molecule has 0 aromatic heterocycles. The summed E-state index contributed by atoms with van der Waals surface area (Å²) in [6.07, 6.45) is -16.7. The lowest BCUT2D eigenvalue weighted by molar-refractivity contribution is -0.253. The fourth-order valence-corrected chi connectivity index (χ4v) is 3.51. The number of aliphatic hydroxyl groups excluding tert-OH is 1. The minimum absolute atomic E-state index is 0.0442. The topological polar surface area (TPSA) is 50.7 Å². The fourth-order valence-electron chi connectivity index (χ4n) is 3.17. The van der Waals surface area contributed by atoms with Crippen molar-refractivity contribution in [1.82, 2.24) is 5.32 Å². The smallest absolute Gasteiger partial charge is 0.454 e. The monoisotopic (exact) mass is 599 g/mol. The maximum atomic E-state index is 14.1. The van der Waals surface area contributed by atoms with Gasteiger partial charge in [0.1, 0.15) is 11.5 Å². The van der Waals surface area contributed by atoms with Gasteiger partial charge in [-0.05, 0) is 53.6 Å². The lowest BCUT2D eigenvalue weighted by atomic mass is 9.98. The third-order valence-corrected chi connectivity index (χ3v) is 5.40. The van der Waals surface area contributed by atoms with Crippen LogP contribution >= 0.6 is 15.9 Å². The van der Waals surface area contributed by atoms with Crippen molar-refractivity contribution >= 4 is 15.9 Å². The van der Waals surface area contributed by atoms with E-state index in [1.807, 2.05) is 0 Å². The van der Waals surface area contributed by atoms with Crippen LogP contribution in [0.5, 0.6) is 17.2 Å². The number of aliphatic hydroxyl groups is 1. The van der Waals surface area contributed by atoms with E-state index in [2.05, 4.69) is 26.0 Å². The normalized spacial score (nSPS) is 13.9. The summed E-state index contributed by atoms with van der Waals surface area (Å²) in [5, 5.41) is 11.9. The van der Waals surface area contributed by atoms with Gasteiger partial charge in [-0.25, -0.2) is 4.39 Å². The average Bonchev–Trinajstić information content (AvgIpc) is 2.81. The molecule has 0 fully saturated rings. The third kappa shape index (κ3) is 7.79. The molecule has 3 rings (SSSR count). The molecule has 3 aromatic rings. The average molecular weight is 600 g/mol. The van der Waals surface area contributed by atoms with Crippen LogP contribution in [-0.2, 0) is 0 Å². The molecule has 0 aliphatic heterocycles. The Kier molecular flexibility index (Phi) is 9.03. The molecule has 0 saturated carbocycles. The second-order valence-corrected chi connectivity index (χ2v) is 8.60. The molecule has 2 atom stereocenters. The van der Waals surface area contributed by atoms with Crippen molar-refractivity contribution in [3.63, 3.8) is 0 Å². The van der Waals surface area contributed by atoms with Crippen LogP contribution in [0.3, 0.4) is 0 Å². The zero-order valence-electron chi connectivity index (χ0n) is 18.5. The lowest BCUT2D eigenvalue weighted by Crippen LogP contribution is -2.40. The van der Waals surface area contributed by atoms with Crippen molar-refractivity contribution in [1.29, 1.82) is 0 Å². The third-order valence-electron chi connectivity index (χ3n) is 4.91. The number of benzene rings is 3. The van der Waals surface area contributed by atoms with Crippen molar-refractivity contribution in [2.75, 3.05) is 6.54 Å². The van der Waals surface area contributed by atoms with Crippen LogP contribution in [0.2, 0.25) is 0 Å². The van der Waals surface area contributed by atoms with Crippen molar-refractivity contribution in [2.45, 2.75) is 30.9 Å². The summed E-state index contributed by atoms with van der Waals surface area (Å²) in [6.45, 7) is -1.00. The van der Waals surface area contributed by atoms with Gasteiger partial charge in [0.2, 0.25) is 0 Å². The second-order valence-electron chi connectivity index (χ2n) is 7.69. The van der Waals surface area contributed by atoms with E-state index in [9.17, 15) is 40.2 Å². The highest BCUT2D eigenvalue weighted by Crippen LogP contribution is 2.34. The summed E-state index contributed by atoms with van der Waals surface area (Å²) in [4.78, 5) is 0. The van der Waals surface area contributed by atoms with Crippen LogP contribution in [0, 0.1) is 5.82 Å². The van der Waals surface area contributed by atoms with E-state index in [0.29, 0.717) is 4.47 Å². The molecule has 13 heteroatoms. The van der Waals surface area contributed by atoms with Crippen molar-refractivity contribution in [3.05, 3.63) is 88.1 Å². The molecule has 0 radical (unpaired) electrons. The maximum absolute atomic E-state index is 14.1. The molecule has 0 saturated heterocycles. The van der Waals surface area contributed by atoms with E-state index in [1.54, 1.807) is 0 Å². The molecule has 0 aliphatic rings. The number of ether oxygens (including phenoxy) is 2. The molecule has 0 aliphatic carbocycles. The number of hydrogen-bond acceptors (Lipinski definition) is 4. The Labute approximate surface area is 213 Å². The number of nitrogens with one attached hydrogen (secondary N) is 1. The first-order valence-corrected chi connectivity index (χ1v) is 11.2. The predicted octanol–water partition coefficient (Wildman–Crippen LogP) is 7.22. The van der Waals surface area contributed by atoms with E-state index < -0.39 is 49.0 Å². The van der Waals surface area contributed by atoms with Gasteiger partial charge in [0.05, 0.1) is 6.04 Å². The number of hydrogen-bond donors (Lipinski definition) is 2. The van der Waals surface area contributed by atoms with Crippen LogP contribution in [-0.4, -0.2) is 36.5 Å². The standard InChI is InChI=1S/C24H18BrF8NO3/c25-15-7-8-18(26)19(11-15)36-16-5-1-3-13(9-16)21(34-12-20(35)23(29,30)31)14-4-2-6-17(10-14)37-24(32,33)22(27)28/h1-11,20-22,34-35H,12H2/t20-,21-/m1/s1. The van der Waals surface area contributed by atoms with Crippen molar-refractivity contribution in [2.24, 2.45) is 0 Å². The van der Waals surface area contributed by atoms with Crippen LogP contribution in [0.15, 0.2) is 71.2 Å². The van der Waals surface area contributed by atoms with Gasteiger partial charge in [0.25, 0.3) is 0 Å².